The third-order valence-electron chi connectivity index (χ3n) is 2.33. The van der Waals surface area contributed by atoms with E-state index in [1.165, 1.54) is 6.07 Å². The smallest absolute Gasteiger partial charge is 0.311 e. The number of hydrogen-bond acceptors (Lipinski definition) is 1. The van der Waals surface area contributed by atoms with Crippen LogP contribution in [0.2, 0.25) is 0 Å². The average Bonchev–Trinajstić information content (AvgIpc) is 2.13. The maximum atomic E-state index is 13.7. The topological polar surface area (TPSA) is 37.3 Å². The van der Waals surface area contributed by atoms with E-state index in [4.69, 9.17) is 5.11 Å². The summed E-state index contributed by atoms with van der Waals surface area (Å²) in [6.45, 7) is 3.35. The van der Waals surface area contributed by atoms with E-state index < -0.39 is 17.7 Å². The van der Waals surface area contributed by atoms with Crippen LogP contribution >= 0.6 is 15.9 Å². The van der Waals surface area contributed by atoms with Gasteiger partial charge < -0.3 is 5.11 Å². The molecule has 0 aromatic heterocycles. The van der Waals surface area contributed by atoms with Crippen LogP contribution in [0.25, 0.3) is 0 Å². The van der Waals surface area contributed by atoms with E-state index in [1.54, 1.807) is 19.9 Å². The van der Waals surface area contributed by atoms with Crippen molar-refractivity contribution in [1.82, 2.24) is 0 Å². The molecular formula is C11H12BrFO2. The highest BCUT2D eigenvalue weighted by molar-refractivity contribution is 9.10. The molecule has 1 aromatic carbocycles. The summed E-state index contributed by atoms with van der Waals surface area (Å²) in [7, 11) is 0. The van der Waals surface area contributed by atoms with Crippen molar-refractivity contribution in [2.75, 3.05) is 0 Å². The molecule has 0 bridgehead atoms. The highest BCUT2D eigenvalue weighted by Gasteiger charge is 2.22. The Labute approximate surface area is 96.2 Å². The molecule has 82 valence electrons. The van der Waals surface area contributed by atoms with Crippen LogP contribution in [0.4, 0.5) is 4.39 Å². The summed E-state index contributed by atoms with van der Waals surface area (Å²) >= 11 is 3.23. The second-order valence-corrected chi connectivity index (χ2v) is 4.34. The van der Waals surface area contributed by atoms with Crippen molar-refractivity contribution < 1.29 is 14.3 Å². The first-order valence-corrected chi connectivity index (χ1v) is 5.45. The Balaban J connectivity index is 3.28. The number of carboxylic acid groups (broad SMARTS) is 1. The maximum Gasteiger partial charge on any atom is 0.311 e. The van der Waals surface area contributed by atoms with Gasteiger partial charge in [-0.15, -0.1) is 0 Å². The Morgan fingerprint density at radius 1 is 1.60 bits per heavy atom. The summed E-state index contributed by atoms with van der Waals surface area (Å²) in [6, 6.07) is 3.16. The molecule has 1 atom stereocenters. The van der Waals surface area contributed by atoms with Gasteiger partial charge in [-0.05, 0) is 31.0 Å². The predicted octanol–water partition coefficient (Wildman–Crippen LogP) is 3.47. The van der Waals surface area contributed by atoms with Gasteiger partial charge in [0.2, 0.25) is 0 Å². The molecule has 15 heavy (non-hydrogen) atoms. The van der Waals surface area contributed by atoms with Gasteiger partial charge in [-0.1, -0.05) is 22.9 Å². The fraction of sp³-hybridized carbons (Fsp3) is 0.364. The van der Waals surface area contributed by atoms with Crippen LogP contribution in [0.3, 0.4) is 0 Å². The molecule has 0 radical (unpaired) electrons. The normalized spacial score (nSPS) is 12.5. The molecule has 4 heteroatoms. The van der Waals surface area contributed by atoms with Gasteiger partial charge in [0.15, 0.2) is 0 Å². The number of benzene rings is 1. The van der Waals surface area contributed by atoms with Gasteiger partial charge in [0.05, 0.1) is 5.92 Å². The van der Waals surface area contributed by atoms with Gasteiger partial charge in [-0.25, -0.2) is 4.39 Å². The zero-order valence-corrected chi connectivity index (χ0v) is 10.1. The van der Waals surface area contributed by atoms with Gasteiger partial charge in [-0.2, -0.15) is 0 Å². The predicted molar refractivity (Wildman–Crippen MR) is 59.5 cm³/mol. The molecule has 0 saturated heterocycles. The van der Waals surface area contributed by atoms with E-state index in [0.29, 0.717) is 16.5 Å². The Kier molecular flexibility index (Phi) is 3.85. The summed E-state index contributed by atoms with van der Waals surface area (Å²) in [6.07, 6.45) is 0.377. The lowest BCUT2D eigenvalue weighted by Crippen LogP contribution is -2.12. The fourth-order valence-corrected chi connectivity index (χ4v) is 2.12. The van der Waals surface area contributed by atoms with Gasteiger partial charge in [-0.3, -0.25) is 4.79 Å². The minimum atomic E-state index is -0.992. The van der Waals surface area contributed by atoms with Gasteiger partial charge in [0.1, 0.15) is 5.82 Å². The number of halogens is 2. The van der Waals surface area contributed by atoms with Crippen LogP contribution in [0.5, 0.6) is 0 Å². The first-order chi connectivity index (χ1) is 6.97. The minimum Gasteiger partial charge on any atom is -0.481 e. The van der Waals surface area contributed by atoms with E-state index in [-0.39, 0.29) is 5.56 Å². The first-order valence-electron chi connectivity index (χ1n) is 4.65. The van der Waals surface area contributed by atoms with Crippen molar-refractivity contribution in [1.29, 1.82) is 0 Å². The highest BCUT2D eigenvalue weighted by atomic mass is 79.9. The van der Waals surface area contributed by atoms with Crippen LogP contribution in [0.1, 0.15) is 30.4 Å². The molecule has 0 aliphatic heterocycles. The first kappa shape index (κ1) is 12.2. The van der Waals surface area contributed by atoms with E-state index in [1.807, 2.05) is 0 Å². The molecule has 2 nitrogen and oxygen atoms in total. The van der Waals surface area contributed by atoms with E-state index in [0.717, 1.165) is 0 Å². The van der Waals surface area contributed by atoms with Crippen molar-refractivity contribution in [3.63, 3.8) is 0 Å². The van der Waals surface area contributed by atoms with Crippen molar-refractivity contribution >= 4 is 21.9 Å². The molecule has 1 unspecified atom stereocenters. The molecule has 1 rings (SSSR count). The number of carboxylic acids is 1. The maximum absolute atomic E-state index is 13.7. The number of aryl methyl sites for hydroxylation is 1. The van der Waals surface area contributed by atoms with Crippen LogP contribution in [-0.2, 0) is 4.79 Å². The van der Waals surface area contributed by atoms with Gasteiger partial charge >= 0.3 is 5.97 Å². The number of carbonyl (C=O) groups is 1. The number of hydrogen-bond donors (Lipinski definition) is 1. The molecule has 0 aliphatic rings. The quantitative estimate of drug-likeness (QED) is 0.917. The average molecular weight is 275 g/mol. The number of rotatable bonds is 3. The monoisotopic (exact) mass is 274 g/mol. The second-order valence-electron chi connectivity index (χ2n) is 3.42. The van der Waals surface area contributed by atoms with Gasteiger partial charge in [0.25, 0.3) is 0 Å². The van der Waals surface area contributed by atoms with Crippen molar-refractivity contribution in [2.24, 2.45) is 0 Å². The Morgan fingerprint density at radius 3 is 2.67 bits per heavy atom. The minimum absolute atomic E-state index is 0.247. The zero-order chi connectivity index (χ0) is 11.6. The Hall–Kier alpha value is -0.900. The largest absolute Gasteiger partial charge is 0.481 e. The highest BCUT2D eigenvalue weighted by Crippen LogP contribution is 2.28. The SMILES string of the molecule is CCC(C(=O)O)c1cc(Br)cc(C)c1F. The summed E-state index contributed by atoms with van der Waals surface area (Å²) in [5.41, 5.74) is 0.705. The summed E-state index contributed by atoms with van der Waals surface area (Å²) in [5, 5.41) is 8.95. The zero-order valence-electron chi connectivity index (χ0n) is 8.55. The van der Waals surface area contributed by atoms with Crippen LogP contribution in [0.15, 0.2) is 16.6 Å². The molecule has 0 saturated carbocycles. The molecule has 1 N–H and O–H groups in total. The summed E-state index contributed by atoms with van der Waals surface area (Å²) in [4.78, 5) is 10.9. The second kappa shape index (κ2) is 4.75. The molecule has 0 fully saturated rings. The fourth-order valence-electron chi connectivity index (χ4n) is 1.53. The summed E-state index contributed by atoms with van der Waals surface area (Å²) < 4.78 is 14.4. The van der Waals surface area contributed by atoms with E-state index in [9.17, 15) is 9.18 Å². The summed E-state index contributed by atoms with van der Waals surface area (Å²) in [5.74, 6) is -2.19. The van der Waals surface area contributed by atoms with E-state index in [2.05, 4.69) is 15.9 Å². The standard InChI is InChI=1S/C11H12BrFO2/c1-3-8(11(14)15)9-5-7(12)4-6(2)10(9)13/h4-5,8H,3H2,1-2H3,(H,14,15). The molecule has 0 aliphatic carbocycles. The molecule has 1 aromatic rings. The van der Waals surface area contributed by atoms with Crippen LogP contribution in [0, 0.1) is 12.7 Å². The number of aliphatic carboxylic acids is 1. The molecule has 0 amide bonds. The van der Waals surface area contributed by atoms with E-state index >= 15 is 0 Å². The Morgan fingerprint density at radius 2 is 2.20 bits per heavy atom. The lowest BCUT2D eigenvalue weighted by atomic mass is 9.94. The van der Waals surface area contributed by atoms with Crippen molar-refractivity contribution in [3.8, 4) is 0 Å². The third kappa shape index (κ3) is 2.56. The van der Waals surface area contributed by atoms with Crippen molar-refractivity contribution in [3.05, 3.63) is 33.5 Å². The molecule has 0 spiro atoms. The Bertz CT molecular complexity index is 390. The van der Waals surface area contributed by atoms with Crippen LogP contribution < -0.4 is 0 Å². The molecule has 0 heterocycles. The lowest BCUT2D eigenvalue weighted by Gasteiger charge is -2.13. The lowest BCUT2D eigenvalue weighted by molar-refractivity contribution is -0.138. The van der Waals surface area contributed by atoms with Gasteiger partial charge in [0, 0.05) is 10.0 Å². The third-order valence-corrected chi connectivity index (χ3v) is 2.79. The molecular weight excluding hydrogens is 263 g/mol. The van der Waals surface area contributed by atoms with Crippen molar-refractivity contribution in [2.45, 2.75) is 26.2 Å². The van der Waals surface area contributed by atoms with Crippen LogP contribution in [-0.4, -0.2) is 11.1 Å².